The second-order valence-electron chi connectivity index (χ2n) is 10.8. The summed E-state index contributed by atoms with van der Waals surface area (Å²) in [5.74, 6) is 0.891. The number of ether oxygens (including phenoxy) is 1. The molecule has 6 heteroatoms. The van der Waals surface area contributed by atoms with Crippen LogP contribution in [0, 0.1) is 5.92 Å². The van der Waals surface area contributed by atoms with E-state index >= 15 is 0 Å². The molecule has 1 aromatic heterocycles. The third kappa shape index (κ3) is 4.65. The molecule has 2 aliphatic rings. The molecule has 5 nitrogen and oxygen atoms in total. The van der Waals surface area contributed by atoms with Crippen molar-refractivity contribution in [3.63, 3.8) is 0 Å². The molecule has 1 aromatic carbocycles. The molecule has 168 valence electrons. The number of amides is 1. The number of carbonyl (C=O) groups excluding carboxylic acids is 1. The number of hydrogen-bond donors (Lipinski definition) is 0. The molecule has 0 radical (unpaired) electrons. The Kier molecular flexibility index (Phi) is 5.67. The Bertz CT molecular complexity index is 1020. The molecule has 0 unspecified atom stereocenters. The van der Waals surface area contributed by atoms with Crippen LogP contribution < -0.4 is 0 Å². The van der Waals surface area contributed by atoms with E-state index in [0.29, 0.717) is 18.4 Å². The summed E-state index contributed by atoms with van der Waals surface area (Å²) in [6, 6.07) is 6.41. The number of carbonyl (C=O) groups is 1. The van der Waals surface area contributed by atoms with Crippen molar-refractivity contribution < 1.29 is 9.53 Å². The predicted octanol–water partition coefficient (Wildman–Crippen LogP) is 6.11. The van der Waals surface area contributed by atoms with Gasteiger partial charge in [-0.1, -0.05) is 19.1 Å². The Balaban J connectivity index is 1.63. The molecule has 2 atom stereocenters. The van der Waals surface area contributed by atoms with Gasteiger partial charge in [0.2, 0.25) is 0 Å². The minimum absolute atomic E-state index is 0.213. The zero-order valence-corrected chi connectivity index (χ0v) is 20.7. The molecule has 3 heterocycles. The van der Waals surface area contributed by atoms with Gasteiger partial charge in [-0.05, 0) is 72.6 Å². The van der Waals surface area contributed by atoms with E-state index in [1.165, 1.54) is 9.71 Å². The summed E-state index contributed by atoms with van der Waals surface area (Å²) < 4.78 is 6.90. The van der Waals surface area contributed by atoms with Gasteiger partial charge in [0.1, 0.15) is 5.60 Å². The van der Waals surface area contributed by atoms with Crippen LogP contribution in [0.5, 0.6) is 0 Å². The molecular weight excluding hydrogens is 406 g/mol. The van der Waals surface area contributed by atoms with Gasteiger partial charge in [-0.3, -0.25) is 4.90 Å². The average molecular weight is 442 g/mol. The maximum atomic E-state index is 12.9. The molecule has 1 saturated heterocycles. The van der Waals surface area contributed by atoms with Crippen LogP contribution in [-0.4, -0.2) is 52.2 Å². The van der Waals surface area contributed by atoms with E-state index in [4.69, 9.17) is 9.72 Å². The van der Waals surface area contributed by atoms with Crippen molar-refractivity contribution >= 4 is 33.3 Å². The molecule has 2 aliphatic heterocycles. The van der Waals surface area contributed by atoms with Gasteiger partial charge in [-0.25, -0.2) is 9.78 Å². The first-order valence-corrected chi connectivity index (χ1v) is 12.1. The third-order valence-corrected chi connectivity index (χ3v) is 7.63. The third-order valence-electron chi connectivity index (χ3n) is 6.44. The lowest BCUT2D eigenvalue weighted by molar-refractivity contribution is 0.0327. The van der Waals surface area contributed by atoms with E-state index in [1.54, 1.807) is 16.2 Å². The summed E-state index contributed by atoms with van der Waals surface area (Å²) in [4.78, 5) is 22.2. The van der Waals surface area contributed by atoms with Gasteiger partial charge < -0.3 is 9.64 Å². The van der Waals surface area contributed by atoms with Crippen LogP contribution in [0.1, 0.15) is 70.9 Å². The topological polar surface area (TPSA) is 45.7 Å². The number of benzene rings is 1. The summed E-state index contributed by atoms with van der Waals surface area (Å²) in [5, 5.41) is 1.22. The van der Waals surface area contributed by atoms with Gasteiger partial charge in [-0.2, -0.15) is 0 Å². The summed E-state index contributed by atoms with van der Waals surface area (Å²) in [6.07, 6.45) is 3.98. The Morgan fingerprint density at radius 2 is 2.00 bits per heavy atom. The Hall–Kier alpha value is -1.92. The highest BCUT2D eigenvalue weighted by Gasteiger charge is 2.38. The maximum Gasteiger partial charge on any atom is 0.414 e. The SMILES string of the molecule is C[C@H]1CC=C(c2ccc3sc([C@@H]4CN(C)C(C)(C)C4)nc3c2)N(C(=O)OC(C)(C)C)C1. The number of thiazole rings is 1. The van der Waals surface area contributed by atoms with Crippen LogP contribution in [-0.2, 0) is 4.74 Å². The first-order chi connectivity index (χ1) is 14.4. The molecule has 31 heavy (non-hydrogen) atoms. The maximum absolute atomic E-state index is 12.9. The zero-order chi connectivity index (χ0) is 22.6. The molecule has 1 fully saturated rings. The Labute approximate surface area is 190 Å². The lowest BCUT2D eigenvalue weighted by Crippen LogP contribution is -2.39. The van der Waals surface area contributed by atoms with Gasteiger partial charge in [0.15, 0.2) is 0 Å². The van der Waals surface area contributed by atoms with Crippen LogP contribution in [0.15, 0.2) is 24.3 Å². The number of fused-ring (bicyclic) bond motifs is 1. The number of nitrogens with zero attached hydrogens (tertiary/aromatic N) is 3. The van der Waals surface area contributed by atoms with Gasteiger partial charge in [0, 0.05) is 30.1 Å². The van der Waals surface area contributed by atoms with Gasteiger partial charge in [-0.15, -0.1) is 11.3 Å². The number of likely N-dealkylation sites (N-methyl/N-ethyl adjacent to an activating group) is 1. The van der Waals surface area contributed by atoms with E-state index in [1.807, 2.05) is 20.8 Å². The number of hydrogen-bond acceptors (Lipinski definition) is 5. The van der Waals surface area contributed by atoms with Crippen molar-refractivity contribution in [3.05, 3.63) is 34.8 Å². The van der Waals surface area contributed by atoms with Crippen molar-refractivity contribution in [2.75, 3.05) is 20.1 Å². The van der Waals surface area contributed by atoms with Crippen molar-refractivity contribution in [1.29, 1.82) is 0 Å². The monoisotopic (exact) mass is 441 g/mol. The molecule has 0 N–H and O–H groups in total. The fourth-order valence-corrected chi connectivity index (χ4v) is 5.56. The molecule has 0 spiro atoms. The molecule has 1 amide bonds. The van der Waals surface area contributed by atoms with Gasteiger partial charge >= 0.3 is 6.09 Å². The van der Waals surface area contributed by atoms with E-state index in [9.17, 15) is 4.79 Å². The quantitative estimate of drug-likeness (QED) is 0.564. The molecule has 0 bridgehead atoms. The van der Waals surface area contributed by atoms with Crippen molar-refractivity contribution in [3.8, 4) is 0 Å². The first-order valence-electron chi connectivity index (χ1n) is 11.3. The van der Waals surface area contributed by atoms with Crippen molar-refractivity contribution in [2.24, 2.45) is 5.92 Å². The minimum Gasteiger partial charge on any atom is -0.443 e. The standard InChI is InChI=1S/C25H35N3O2S/c1-16-8-10-20(28(14-16)23(29)30-24(2,3)4)17-9-11-21-19(12-17)26-22(31-21)18-13-25(5,6)27(7)15-18/h9-12,16,18H,8,13-15H2,1-7H3/t16-,18-/m0/s1. The summed E-state index contributed by atoms with van der Waals surface area (Å²) in [7, 11) is 2.20. The van der Waals surface area contributed by atoms with Crippen molar-refractivity contribution in [2.45, 2.75) is 71.4 Å². The van der Waals surface area contributed by atoms with E-state index in [0.717, 1.165) is 36.2 Å². The normalized spacial score (nSPS) is 24.5. The summed E-state index contributed by atoms with van der Waals surface area (Å²) in [6.45, 7) is 14.2. The highest BCUT2D eigenvalue weighted by molar-refractivity contribution is 7.18. The Morgan fingerprint density at radius 1 is 1.26 bits per heavy atom. The second kappa shape index (κ2) is 7.89. The number of rotatable bonds is 2. The molecule has 0 aliphatic carbocycles. The van der Waals surface area contributed by atoms with E-state index in [2.05, 4.69) is 57.0 Å². The van der Waals surface area contributed by atoms with Gasteiger partial charge in [0.25, 0.3) is 0 Å². The van der Waals surface area contributed by atoms with E-state index in [-0.39, 0.29) is 11.6 Å². The zero-order valence-electron chi connectivity index (χ0n) is 19.9. The van der Waals surface area contributed by atoms with E-state index < -0.39 is 5.60 Å². The lowest BCUT2D eigenvalue weighted by Gasteiger charge is -2.33. The van der Waals surface area contributed by atoms with Crippen LogP contribution in [0.2, 0.25) is 0 Å². The highest BCUT2D eigenvalue weighted by Crippen LogP contribution is 2.40. The number of likely N-dealkylation sites (tertiary alicyclic amines) is 1. The minimum atomic E-state index is -0.515. The summed E-state index contributed by atoms with van der Waals surface area (Å²) >= 11 is 1.81. The Morgan fingerprint density at radius 3 is 2.65 bits per heavy atom. The van der Waals surface area contributed by atoms with Crippen molar-refractivity contribution in [1.82, 2.24) is 14.8 Å². The van der Waals surface area contributed by atoms with Crippen LogP contribution in [0.4, 0.5) is 4.79 Å². The van der Waals surface area contributed by atoms with Crippen LogP contribution in [0.25, 0.3) is 15.9 Å². The number of aromatic nitrogens is 1. The summed E-state index contributed by atoms with van der Waals surface area (Å²) in [5.41, 5.74) is 2.69. The fraction of sp³-hybridized carbons (Fsp3) is 0.600. The smallest absolute Gasteiger partial charge is 0.414 e. The molecule has 4 rings (SSSR count). The molecule has 2 aromatic rings. The lowest BCUT2D eigenvalue weighted by atomic mass is 9.97. The predicted molar refractivity (Wildman–Crippen MR) is 128 cm³/mol. The van der Waals surface area contributed by atoms with Gasteiger partial charge in [0.05, 0.1) is 20.9 Å². The second-order valence-corrected chi connectivity index (χ2v) is 11.9. The molecular formula is C25H35N3O2S. The molecule has 0 saturated carbocycles. The largest absolute Gasteiger partial charge is 0.443 e. The first kappa shape index (κ1) is 22.3. The van der Waals surface area contributed by atoms with Crippen LogP contribution in [0.3, 0.4) is 0 Å². The van der Waals surface area contributed by atoms with Crippen LogP contribution >= 0.6 is 11.3 Å². The average Bonchev–Trinajstić information content (AvgIpc) is 3.20. The fourth-order valence-electron chi connectivity index (χ4n) is 4.52. The number of allylic oxidation sites excluding steroid dienone is 1. The highest BCUT2D eigenvalue weighted by atomic mass is 32.1.